The van der Waals surface area contributed by atoms with Gasteiger partial charge in [0.05, 0.1) is 32.8 Å². The van der Waals surface area contributed by atoms with Crippen molar-refractivity contribution >= 4 is 112 Å². The number of benzene rings is 5. The lowest BCUT2D eigenvalue weighted by Gasteiger charge is -2.15. The van der Waals surface area contributed by atoms with Gasteiger partial charge in [0.1, 0.15) is 15.5 Å². The third kappa shape index (κ3) is 8.54. The van der Waals surface area contributed by atoms with Gasteiger partial charge < -0.3 is 21.5 Å². The van der Waals surface area contributed by atoms with Crippen molar-refractivity contribution < 1.29 is 40.6 Å². The molecule has 0 fully saturated rings. The average molecular weight is 827 g/mol. The summed E-state index contributed by atoms with van der Waals surface area (Å²) in [5, 5.41) is 37.0. The van der Waals surface area contributed by atoms with Crippen LogP contribution in [0.2, 0.25) is 10.0 Å². The van der Waals surface area contributed by atoms with Crippen LogP contribution < -0.4 is 21.4 Å². The summed E-state index contributed by atoms with van der Waals surface area (Å²) in [6.07, 6.45) is 0. The quantitative estimate of drug-likeness (QED) is 0.0475. The molecule has 18 nitrogen and oxygen atoms in total. The fraction of sp³-hybridized carbons (Fsp3) is 0.0606. The second-order valence-corrected chi connectivity index (χ2v) is 15.2. The van der Waals surface area contributed by atoms with Gasteiger partial charge >= 0.3 is 6.03 Å². The zero-order valence-electron chi connectivity index (χ0n) is 27.8. The number of fused-ring (bicyclic) bond motifs is 1. The Balaban J connectivity index is 1.07. The number of amides is 3. The summed E-state index contributed by atoms with van der Waals surface area (Å²) < 4.78 is 66.2. The molecule has 55 heavy (non-hydrogen) atoms. The number of halogens is 2. The largest absolute Gasteiger partial charge is 0.505 e. The molecular formula is C33H25Cl2N9O9S2. The van der Waals surface area contributed by atoms with Crippen molar-refractivity contribution in [1.82, 2.24) is 0 Å². The summed E-state index contributed by atoms with van der Waals surface area (Å²) in [5.74, 6) is -1.17. The van der Waals surface area contributed by atoms with Gasteiger partial charge in [0.15, 0.2) is 11.8 Å². The van der Waals surface area contributed by atoms with E-state index in [0.717, 1.165) is 23.2 Å². The fourth-order valence-electron chi connectivity index (χ4n) is 5.15. The standard InChI is InChI=1S/C33H25Cl2N9O9S2/c1-16-29(32(46)44(43-16)26-14-25(35)27(15-24(26)34)54(48,49)50)41-39-21-7-3-19(4-8-21)37-33(47)38-20-5-9-22(10-6-20)40-42-30-28(55(51,52)53)13-17-12-18(36)2-11-23(17)31(30)45/h2-15,29,45H,36H2,1H3,(H2,37,38,47)(H,48,49,50)(H,51,52,53). The van der Waals surface area contributed by atoms with Crippen molar-refractivity contribution in [2.45, 2.75) is 22.8 Å². The van der Waals surface area contributed by atoms with E-state index in [0.29, 0.717) is 22.7 Å². The number of nitrogens with zero attached hydrogens (tertiary/aromatic N) is 6. The van der Waals surface area contributed by atoms with Gasteiger partial charge in [0.2, 0.25) is 0 Å². The number of phenolic OH excluding ortho intramolecular Hbond substituents is 1. The lowest BCUT2D eigenvalue weighted by Crippen LogP contribution is -2.30. The predicted molar refractivity (Wildman–Crippen MR) is 205 cm³/mol. The van der Waals surface area contributed by atoms with Crippen molar-refractivity contribution in [3.05, 3.63) is 95.0 Å². The van der Waals surface area contributed by atoms with Crippen LogP contribution in [0.4, 0.5) is 44.6 Å². The van der Waals surface area contributed by atoms with Gasteiger partial charge in [-0.1, -0.05) is 23.2 Å². The van der Waals surface area contributed by atoms with E-state index in [4.69, 9.17) is 28.9 Å². The van der Waals surface area contributed by atoms with Crippen molar-refractivity contribution in [3.63, 3.8) is 0 Å². The van der Waals surface area contributed by atoms with E-state index < -0.39 is 59.4 Å². The van der Waals surface area contributed by atoms with Crippen LogP contribution in [0.5, 0.6) is 5.75 Å². The number of carbonyl (C=O) groups is 2. The Labute approximate surface area is 321 Å². The first-order chi connectivity index (χ1) is 25.9. The SMILES string of the molecule is CC1=NN(c2cc(Cl)c(S(=O)(=O)O)cc2Cl)C(=O)C1N=Nc1ccc(NC(=O)Nc2ccc(N=Nc3c(S(=O)(=O)O)cc4cc(N)ccc4c3O)cc2)cc1. The number of hydrazone groups is 1. The van der Waals surface area contributed by atoms with E-state index in [-0.39, 0.29) is 37.9 Å². The summed E-state index contributed by atoms with van der Waals surface area (Å²) in [6.45, 7) is 1.53. The number of carbonyl (C=O) groups excluding carboxylic acids is 2. The highest BCUT2D eigenvalue weighted by atomic mass is 35.5. The number of anilines is 4. The van der Waals surface area contributed by atoms with Crippen LogP contribution in [-0.4, -0.2) is 54.7 Å². The lowest BCUT2D eigenvalue weighted by molar-refractivity contribution is -0.117. The van der Waals surface area contributed by atoms with Crippen LogP contribution >= 0.6 is 23.2 Å². The van der Waals surface area contributed by atoms with Gasteiger partial charge in [-0.15, -0.1) is 5.11 Å². The predicted octanol–water partition coefficient (Wildman–Crippen LogP) is 7.86. The van der Waals surface area contributed by atoms with E-state index in [1.165, 1.54) is 73.7 Å². The van der Waals surface area contributed by atoms with Gasteiger partial charge in [-0.2, -0.15) is 42.3 Å². The second-order valence-electron chi connectivity index (χ2n) is 11.6. The Kier molecular flexibility index (Phi) is 10.6. The number of nitrogens with two attached hydrogens (primary N) is 1. The number of hydrogen-bond donors (Lipinski definition) is 6. The Morgan fingerprint density at radius 1 is 0.800 bits per heavy atom. The minimum absolute atomic E-state index is 0.0295. The molecule has 0 radical (unpaired) electrons. The fourth-order valence-corrected chi connectivity index (χ4v) is 7.14. The minimum atomic E-state index is -4.80. The Hall–Kier alpha value is -6.03. The third-order valence-corrected chi connectivity index (χ3v) is 10.2. The Morgan fingerprint density at radius 2 is 1.38 bits per heavy atom. The molecule has 7 N–H and O–H groups in total. The smallest absolute Gasteiger partial charge is 0.323 e. The molecule has 6 rings (SSSR count). The molecule has 0 saturated heterocycles. The van der Waals surface area contributed by atoms with Crippen molar-refractivity contribution in [1.29, 1.82) is 0 Å². The molecule has 0 aliphatic carbocycles. The van der Waals surface area contributed by atoms with Crippen molar-refractivity contribution in [2.24, 2.45) is 25.6 Å². The summed E-state index contributed by atoms with van der Waals surface area (Å²) in [6, 6.07) is 17.8. The molecule has 1 heterocycles. The van der Waals surface area contributed by atoms with E-state index in [1.54, 1.807) is 0 Å². The first kappa shape index (κ1) is 38.7. The molecule has 0 aromatic heterocycles. The van der Waals surface area contributed by atoms with Crippen molar-refractivity contribution in [3.8, 4) is 5.75 Å². The molecule has 1 atom stereocenters. The van der Waals surface area contributed by atoms with Crippen LogP contribution in [0.25, 0.3) is 10.8 Å². The molecule has 5 aromatic rings. The van der Waals surface area contributed by atoms with Gasteiger partial charge in [0, 0.05) is 22.4 Å². The van der Waals surface area contributed by atoms with E-state index in [2.05, 4.69) is 36.2 Å². The van der Waals surface area contributed by atoms with E-state index >= 15 is 0 Å². The third-order valence-electron chi connectivity index (χ3n) is 7.76. The molecule has 5 aromatic carbocycles. The molecule has 0 spiro atoms. The molecule has 1 aliphatic heterocycles. The normalized spacial score (nSPS) is 14.9. The molecule has 0 saturated carbocycles. The summed E-state index contributed by atoms with van der Waals surface area (Å²) in [4.78, 5) is 24.5. The van der Waals surface area contributed by atoms with Crippen LogP contribution in [0.1, 0.15) is 6.92 Å². The molecular weight excluding hydrogens is 801 g/mol. The maximum absolute atomic E-state index is 13.1. The Bertz CT molecular complexity index is 2710. The topological polar surface area (TPSA) is 278 Å². The molecule has 22 heteroatoms. The lowest BCUT2D eigenvalue weighted by atomic mass is 10.1. The van der Waals surface area contributed by atoms with Crippen LogP contribution in [0.3, 0.4) is 0 Å². The highest BCUT2D eigenvalue weighted by molar-refractivity contribution is 7.86. The number of nitrogens with one attached hydrogen (secondary N) is 2. The molecule has 1 aliphatic rings. The van der Waals surface area contributed by atoms with E-state index in [9.17, 15) is 40.6 Å². The number of azo groups is 2. The second kappa shape index (κ2) is 15.0. The van der Waals surface area contributed by atoms with Gasteiger partial charge in [0.25, 0.3) is 26.1 Å². The molecule has 1 unspecified atom stereocenters. The molecule has 0 bridgehead atoms. The maximum atomic E-state index is 13.1. The summed E-state index contributed by atoms with van der Waals surface area (Å²) in [7, 11) is -9.47. The summed E-state index contributed by atoms with van der Waals surface area (Å²) in [5.41, 5.74) is 7.12. The zero-order chi connectivity index (χ0) is 39.8. The van der Waals surface area contributed by atoms with Gasteiger partial charge in [-0.3, -0.25) is 13.9 Å². The number of rotatable bonds is 9. The number of urea groups is 1. The monoisotopic (exact) mass is 825 g/mol. The highest BCUT2D eigenvalue weighted by Gasteiger charge is 2.36. The van der Waals surface area contributed by atoms with Gasteiger partial charge in [-0.25, -0.2) is 4.79 Å². The first-order valence-electron chi connectivity index (χ1n) is 15.4. The summed E-state index contributed by atoms with van der Waals surface area (Å²) >= 11 is 12.2. The molecule has 3 amide bonds. The number of nitrogen functional groups attached to an aromatic ring is 1. The Morgan fingerprint density at radius 3 is 1.96 bits per heavy atom. The maximum Gasteiger partial charge on any atom is 0.323 e. The first-order valence-corrected chi connectivity index (χ1v) is 19.0. The van der Waals surface area contributed by atoms with Crippen LogP contribution in [0, 0.1) is 0 Å². The average Bonchev–Trinajstić information content (AvgIpc) is 3.39. The van der Waals surface area contributed by atoms with Crippen LogP contribution in [0.15, 0.2) is 120 Å². The number of hydrogen-bond acceptors (Lipinski definition) is 13. The zero-order valence-corrected chi connectivity index (χ0v) is 30.9. The molecule has 282 valence electrons. The number of phenols is 1. The van der Waals surface area contributed by atoms with Crippen molar-refractivity contribution in [2.75, 3.05) is 21.4 Å². The van der Waals surface area contributed by atoms with Gasteiger partial charge in [-0.05, 0) is 97.2 Å². The van der Waals surface area contributed by atoms with Crippen LogP contribution in [-0.2, 0) is 25.0 Å². The van der Waals surface area contributed by atoms with E-state index in [1.807, 2.05) is 0 Å². The minimum Gasteiger partial charge on any atom is -0.505 e. The highest BCUT2D eigenvalue weighted by Crippen LogP contribution is 2.42. The number of aromatic hydroxyl groups is 1.